The van der Waals surface area contributed by atoms with Gasteiger partial charge in [0.15, 0.2) is 0 Å². The van der Waals surface area contributed by atoms with Gasteiger partial charge >= 0.3 is 0 Å². The fraction of sp³-hybridized carbons (Fsp3) is 0.545. The number of aromatic nitrogens is 1. The van der Waals surface area contributed by atoms with Crippen molar-refractivity contribution < 1.29 is 8.42 Å². The summed E-state index contributed by atoms with van der Waals surface area (Å²) in [4.78, 5) is 3.81. The first-order valence-electron chi connectivity index (χ1n) is 5.78. The molecule has 19 heavy (non-hydrogen) atoms. The normalized spacial score (nSPS) is 23.7. The number of nitrogens with one attached hydrogen (secondary N) is 1. The van der Waals surface area contributed by atoms with E-state index in [2.05, 4.69) is 9.71 Å². The Hall–Kier alpha value is -0.0100. The summed E-state index contributed by atoms with van der Waals surface area (Å²) in [5.41, 5.74) is 0. The third-order valence-corrected chi connectivity index (χ3v) is 6.39. The van der Waals surface area contributed by atoms with E-state index in [0.29, 0.717) is 5.25 Å². The minimum Gasteiger partial charge on any atom is -0.242 e. The van der Waals surface area contributed by atoms with Gasteiger partial charge in [0, 0.05) is 17.5 Å². The van der Waals surface area contributed by atoms with Crippen LogP contribution in [-0.2, 0) is 10.0 Å². The van der Waals surface area contributed by atoms with Crippen molar-refractivity contribution in [2.24, 2.45) is 0 Å². The summed E-state index contributed by atoms with van der Waals surface area (Å²) in [6.07, 6.45) is 6.02. The molecule has 1 N–H and O–H groups in total. The molecule has 0 bridgehead atoms. The maximum absolute atomic E-state index is 12.2. The van der Waals surface area contributed by atoms with Gasteiger partial charge in [-0.3, -0.25) is 0 Å². The standard InChI is InChI=1S/C11H14Cl2N2O2S2/c1-18-8-3-2-7(4-8)15-19(16,17)9-5-10(12)11(13)14-6-9/h5-8,15H,2-4H2,1H3. The minimum atomic E-state index is -3.58. The highest BCUT2D eigenvalue weighted by atomic mass is 35.5. The number of rotatable bonds is 4. The van der Waals surface area contributed by atoms with Crippen LogP contribution in [0.25, 0.3) is 0 Å². The molecule has 1 saturated carbocycles. The number of hydrogen-bond acceptors (Lipinski definition) is 4. The van der Waals surface area contributed by atoms with Crippen LogP contribution in [0.4, 0.5) is 0 Å². The van der Waals surface area contributed by atoms with Gasteiger partial charge in [0.2, 0.25) is 10.0 Å². The van der Waals surface area contributed by atoms with Gasteiger partial charge in [-0.05, 0) is 31.6 Å². The van der Waals surface area contributed by atoms with Gasteiger partial charge in [-0.15, -0.1) is 0 Å². The monoisotopic (exact) mass is 340 g/mol. The Bertz CT molecular complexity index is 566. The molecular formula is C11H14Cl2N2O2S2. The fourth-order valence-electron chi connectivity index (χ4n) is 2.10. The molecule has 1 aromatic heterocycles. The van der Waals surface area contributed by atoms with Crippen LogP contribution in [-0.4, -0.2) is 30.9 Å². The molecule has 0 amide bonds. The van der Waals surface area contributed by atoms with E-state index in [1.807, 2.05) is 6.26 Å². The van der Waals surface area contributed by atoms with Gasteiger partial charge in [-0.1, -0.05) is 23.2 Å². The van der Waals surface area contributed by atoms with Gasteiger partial charge in [0.05, 0.1) is 5.02 Å². The first-order chi connectivity index (χ1) is 8.92. The topological polar surface area (TPSA) is 59.1 Å². The van der Waals surface area contributed by atoms with Gasteiger partial charge in [0.25, 0.3) is 0 Å². The molecule has 1 fully saturated rings. The summed E-state index contributed by atoms with van der Waals surface area (Å²) in [6, 6.07) is 1.30. The molecule has 8 heteroatoms. The second-order valence-corrected chi connectivity index (χ2v) is 8.05. The molecule has 1 heterocycles. The first-order valence-corrected chi connectivity index (χ1v) is 9.31. The molecule has 1 aromatic rings. The number of hydrogen-bond donors (Lipinski definition) is 1. The largest absolute Gasteiger partial charge is 0.242 e. The van der Waals surface area contributed by atoms with E-state index < -0.39 is 10.0 Å². The predicted molar refractivity (Wildman–Crippen MR) is 79.5 cm³/mol. The Morgan fingerprint density at radius 3 is 2.74 bits per heavy atom. The summed E-state index contributed by atoms with van der Waals surface area (Å²) in [5, 5.41) is 0.765. The Morgan fingerprint density at radius 1 is 1.42 bits per heavy atom. The molecule has 0 radical (unpaired) electrons. The van der Waals surface area contributed by atoms with Crippen molar-refractivity contribution in [3.63, 3.8) is 0 Å². The van der Waals surface area contributed by atoms with Crippen LogP contribution in [0.3, 0.4) is 0 Å². The second kappa shape index (κ2) is 6.18. The van der Waals surface area contributed by atoms with E-state index in [4.69, 9.17) is 23.2 Å². The van der Waals surface area contributed by atoms with Crippen molar-refractivity contribution in [1.29, 1.82) is 0 Å². The summed E-state index contributed by atoms with van der Waals surface area (Å²) in [6.45, 7) is 0. The van der Waals surface area contributed by atoms with Crippen LogP contribution in [0.15, 0.2) is 17.2 Å². The lowest BCUT2D eigenvalue weighted by Gasteiger charge is -2.13. The highest BCUT2D eigenvalue weighted by Crippen LogP contribution is 2.29. The molecule has 0 spiro atoms. The molecule has 2 unspecified atom stereocenters. The molecule has 2 atom stereocenters. The second-order valence-electron chi connectivity index (χ2n) is 4.43. The SMILES string of the molecule is CSC1CCC(NS(=O)(=O)c2cnc(Cl)c(Cl)c2)C1. The lowest BCUT2D eigenvalue weighted by molar-refractivity contribution is 0.552. The van der Waals surface area contributed by atoms with Crippen molar-refractivity contribution in [1.82, 2.24) is 9.71 Å². The van der Waals surface area contributed by atoms with Crippen molar-refractivity contribution in [3.8, 4) is 0 Å². The Balaban J connectivity index is 2.12. The molecule has 1 aliphatic carbocycles. The number of halogens is 2. The Morgan fingerprint density at radius 2 is 2.16 bits per heavy atom. The summed E-state index contributed by atoms with van der Waals surface area (Å²) < 4.78 is 27.1. The summed E-state index contributed by atoms with van der Waals surface area (Å²) in [5.74, 6) is 0. The number of thioether (sulfide) groups is 1. The van der Waals surface area contributed by atoms with Crippen LogP contribution in [0.5, 0.6) is 0 Å². The van der Waals surface area contributed by atoms with Crippen LogP contribution >= 0.6 is 35.0 Å². The summed E-state index contributed by atoms with van der Waals surface area (Å²) >= 11 is 13.2. The predicted octanol–water partition coefficient (Wildman–Crippen LogP) is 2.95. The highest BCUT2D eigenvalue weighted by Gasteiger charge is 2.28. The molecule has 1 aliphatic rings. The third kappa shape index (κ3) is 3.76. The van der Waals surface area contributed by atoms with E-state index in [-0.39, 0.29) is 21.1 Å². The van der Waals surface area contributed by atoms with Crippen LogP contribution in [0, 0.1) is 0 Å². The molecule has 2 rings (SSSR count). The van der Waals surface area contributed by atoms with Crippen molar-refractivity contribution in [3.05, 3.63) is 22.4 Å². The van der Waals surface area contributed by atoms with Gasteiger partial charge in [0.1, 0.15) is 10.0 Å². The van der Waals surface area contributed by atoms with E-state index in [0.717, 1.165) is 19.3 Å². The van der Waals surface area contributed by atoms with Gasteiger partial charge in [-0.2, -0.15) is 11.8 Å². The maximum Gasteiger partial charge on any atom is 0.242 e. The van der Waals surface area contributed by atoms with E-state index in [1.165, 1.54) is 12.3 Å². The lowest BCUT2D eigenvalue weighted by atomic mass is 10.3. The lowest BCUT2D eigenvalue weighted by Crippen LogP contribution is -2.33. The number of sulfonamides is 1. The number of pyridine rings is 1. The van der Waals surface area contributed by atoms with Gasteiger partial charge in [-0.25, -0.2) is 18.1 Å². The average molecular weight is 341 g/mol. The fourth-order valence-corrected chi connectivity index (χ4v) is 4.48. The van der Waals surface area contributed by atoms with E-state index in [9.17, 15) is 8.42 Å². The molecule has 0 aliphatic heterocycles. The Kier molecular flexibility index (Phi) is 5.00. The zero-order valence-corrected chi connectivity index (χ0v) is 13.4. The van der Waals surface area contributed by atoms with Crippen LogP contribution in [0.1, 0.15) is 19.3 Å². The van der Waals surface area contributed by atoms with Crippen molar-refractivity contribution in [2.75, 3.05) is 6.26 Å². The summed E-state index contributed by atoms with van der Waals surface area (Å²) in [7, 11) is -3.58. The number of nitrogens with zero attached hydrogens (tertiary/aromatic N) is 1. The molecule has 106 valence electrons. The maximum atomic E-state index is 12.2. The highest BCUT2D eigenvalue weighted by molar-refractivity contribution is 7.99. The van der Waals surface area contributed by atoms with E-state index >= 15 is 0 Å². The molecule has 0 aromatic carbocycles. The van der Waals surface area contributed by atoms with Crippen LogP contribution in [0.2, 0.25) is 10.2 Å². The zero-order chi connectivity index (χ0) is 14.0. The average Bonchev–Trinajstić information content (AvgIpc) is 2.79. The first kappa shape index (κ1) is 15.4. The molecule has 0 saturated heterocycles. The molecule has 4 nitrogen and oxygen atoms in total. The van der Waals surface area contributed by atoms with Gasteiger partial charge < -0.3 is 0 Å². The zero-order valence-electron chi connectivity index (χ0n) is 10.3. The van der Waals surface area contributed by atoms with Crippen molar-refractivity contribution in [2.45, 2.75) is 35.4 Å². The smallest absolute Gasteiger partial charge is 0.242 e. The Labute approximate surface area is 127 Å². The third-order valence-electron chi connectivity index (χ3n) is 3.12. The quantitative estimate of drug-likeness (QED) is 0.856. The van der Waals surface area contributed by atoms with Crippen LogP contribution < -0.4 is 4.72 Å². The minimum absolute atomic E-state index is 0.0168. The van der Waals surface area contributed by atoms with Crippen molar-refractivity contribution >= 4 is 45.0 Å². The van der Waals surface area contributed by atoms with E-state index in [1.54, 1.807) is 11.8 Å². The molecular weight excluding hydrogens is 327 g/mol.